The van der Waals surface area contributed by atoms with Crippen molar-refractivity contribution < 1.29 is 35.2 Å². The Balaban J connectivity index is 2.09. The quantitative estimate of drug-likeness (QED) is 0.177. The van der Waals surface area contributed by atoms with Gasteiger partial charge >= 0.3 is 6.18 Å². The Morgan fingerprint density at radius 1 is 0.921 bits per heavy atom. The molecule has 2 aromatic carbocycles. The maximum absolute atomic E-state index is 13.8. The van der Waals surface area contributed by atoms with Gasteiger partial charge in [0.25, 0.3) is 10.1 Å². The summed E-state index contributed by atoms with van der Waals surface area (Å²) in [5, 5.41) is 0. The Hall–Kier alpha value is -2.14. The predicted octanol–water partition coefficient (Wildman–Crippen LogP) is 6.44. The molecular weight excluding hydrogens is 519 g/mol. The van der Waals surface area contributed by atoms with Crippen LogP contribution < -0.4 is 10.5 Å². The average Bonchev–Trinajstić information content (AvgIpc) is 2.87. The van der Waals surface area contributed by atoms with E-state index in [0.29, 0.717) is 12.0 Å². The van der Waals surface area contributed by atoms with E-state index in [0.717, 1.165) is 37.3 Å². The lowest BCUT2D eigenvalue weighted by atomic mass is 9.89. The minimum absolute atomic E-state index is 0.00737. The topological polar surface area (TPSA) is 87.8 Å². The molecule has 2 aromatic rings. The number of rotatable bonds is 17. The number of hydrogen-bond donors (Lipinski definition) is 1. The second-order valence-electron chi connectivity index (χ2n) is 9.73. The molecule has 0 spiro atoms. The summed E-state index contributed by atoms with van der Waals surface area (Å²) < 4.78 is 82.5. The van der Waals surface area contributed by atoms with Crippen molar-refractivity contribution in [1.82, 2.24) is 0 Å². The normalized spacial score (nSPS) is 13.9. The summed E-state index contributed by atoms with van der Waals surface area (Å²) in [5.74, 6) is -0.192. The molecule has 0 amide bonds. The highest BCUT2D eigenvalue weighted by atomic mass is 32.2. The Kier molecular flexibility index (Phi) is 12.5. The molecule has 0 aliphatic heterocycles. The van der Waals surface area contributed by atoms with Crippen LogP contribution in [0.15, 0.2) is 47.4 Å². The number of halogens is 3. The molecule has 0 fully saturated rings. The molecular formula is C28H40F3NO5S. The summed E-state index contributed by atoms with van der Waals surface area (Å²) in [5.41, 5.74) is 5.84. The van der Waals surface area contributed by atoms with E-state index in [1.807, 2.05) is 6.92 Å². The Bertz CT molecular complexity index is 1090. The summed E-state index contributed by atoms with van der Waals surface area (Å²) in [6.45, 7) is 4.06. The van der Waals surface area contributed by atoms with Gasteiger partial charge in [-0.2, -0.15) is 21.6 Å². The van der Waals surface area contributed by atoms with E-state index in [4.69, 9.17) is 19.4 Å². The summed E-state index contributed by atoms with van der Waals surface area (Å²) >= 11 is 0. The zero-order valence-electron chi connectivity index (χ0n) is 22.5. The molecule has 0 heterocycles. The van der Waals surface area contributed by atoms with E-state index in [1.165, 1.54) is 25.3 Å². The highest BCUT2D eigenvalue weighted by molar-refractivity contribution is 7.86. The summed E-state index contributed by atoms with van der Waals surface area (Å²) in [6.07, 6.45) is 0.888. The van der Waals surface area contributed by atoms with Crippen molar-refractivity contribution in [2.24, 2.45) is 5.73 Å². The molecule has 0 aliphatic rings. The van der Waals surface area contributed by atoms with Crippen molar-refractivity contribution in [1.29, 1.82) is 0 Å². The van der Waals surface area contributed by atoms with Crippen LogP contribution in [0.5, 0.6) is 5.75 Å². The number of nitrogens with two attached hydrogens (primary N) is 1. The van der Waals surface area contributed by atoms with Crippen LogP contribution in [0.1, 0.15) is 68.6 Å². The molecule has 0 saturated heterocycles. The lowest BCUT2D eigenvalue weighted by Gasteiger charge is -2.29. The van der Waals surface area contributed by atoms with Gasteiger partial charge in [-0.05, 0) is 62.4 Å². The largest absolute Gasteiger partial charge is 0.493 e. The molecule has 1 unspecified atom stereocenters. The third-order valence-electron chi connectivity index (χ3n) is 6.38. The number of benzene rings is 2. The summed E-state index contributed by atoms with van der Waals surface area (Å²) in [4.78, 5) is 0.00737. The fraction of sp³-hybridized carbons (Fsp3) is 0.571. The number of alkyl halides is 3. The summed E-state index contributed by atoms with van der Waals surface area (Å²) in [7, 11) is -2.56. The zero-order valence-corrected chi connectivity index (χ0v) is 23.3. The van der Waals surface area contributed by atoms with Crippen molar-refractivity contribution in [3.05, 3.63) is 59.2 Å². The molecule has 0 aromatic heterocycles. The van der Waals surface area contributed by atoms with Crippen LogP contribution in [0.2, 0.25) is 0 Å². The van der Waals surface area contributed by atoms with Crippen molar-refractivity contribution in [3.63, 3.8) is 0 Å². The Morgan fingerprint density at radius 3 is 2.24 bits per heavy atom. The van der Waals surface area contributed by atoms with Crippen LogP contribution in [0.25, 0.3) is 0 Å². The zero-order chi connectivity index (χ0) is 28.2. The molecule has 0 aliphatic carbocycles. The van der Waals surface area contributed by atoms with E-state index in [-0.39, 0.29) is 49.7 Å². The molecule has 6 nitrogen and oxygen atoms in total. The molecule has 0 radical (unpaired) electrons. The van der Waals surface area contributed by atoms with Crippen LogP contribution in [0.3, 0.4) is 0 Å². The van der Waals surface area contributed by atoms with Crippen molar-refractivity contribution in [3.8, 4) is 5.75 Å². The standard InChI is InChI=1S/C28H40F3NO5S/c1-4-5-6-7-8-18-36-26-14-11-23(20-25(26)28(29,30)31)15-16-27(32,17-19-35-3)21-37-38(33,34)24-12-9-22(2)10-13-24/h9-14,20H,4-8,15-19,21,32H2,1-3H3. The van der Waals surface area contributed by atoms with Crippen LogP contribution in [0, 0.1) is 6.92 Å². The number of hydrogen-bond acceptors (Lipinski definition) is 6. The van der Waals surface area contributed by atoms with Crippen molar-refractivity contribution in [2.45, 2.75) is 81.8 Å². The third-order valence-corrected chi connectivity index (χ3v) is 7.66. The minimum atomic E-state index is -4.57. The third kappa shape index (κ3) is 10.6. The first-order chi connectivity index (χ1) is 17.9. The first kappa shape index (κ1) is 32.1. The van der Waals surface area contributed by atoms with Crippen LogP contribution in [0.4, 0.5) is 13.2 Å². The van der Waals surface area contributed by atoms with Gasteiger partial charge < -0.3 is 15.2 Å². The molecule has 10 heteroatoms. The molecule has 214 valence electrons. The molecule has 38 heavy (non-hydrogen) atoms. The second kappa shape index (κ2) is 14.9. The average molecular weight is 560 g/mol. The number of ether oxygens (including phenoxy) is 2. The van der Waals surface area contributed by atoms with E-state index < -0.39 is 27.4 Å². The first-order valence-electron chi connectivity index (χ1n) is 13.0. The van der Waals surface area contributed by atoms with Gasteiger partial charge in [0, 0.05) is 19.3 Å². The van der Waals surface area contributed by atoms with E-state index in [2.05, 4.69) is 6.92 Å². The molecule has 0 saturated carbocycles. The van der Waals surface area contributed by atoms with Gasteiger partial charge in [-0.1, -0.05) is 56.4 Å². The Labute approximate surface area is 224 Å². The number of methoxy groups -OCH3 is 1. The predicted molar refractivity (Wildman–Crippen MR) is 142 cm³/mol. The smallest absolute Gasteiger partial charge is 0.419 e. The monoisotopic (exact) mass is 559 g/mol. The van der Waals surface area contributed by atoms with Crippen molar-refractivity contribution in [2.75, 3.05) is 26.9 Å². The van der Waals surface area contributed by atoms with Gasteiger partial charge in [-0.25, -0.2) is 0 Å². The lowest BCUT2D eigenvalue weighted by Crippen LogP contribution is -2.46. The maximum atomic E-state index is 13.8. The highest BCUT2D eigenvalue weighted by Crippen LogP contribution is 2.37. The fourth-order valence-corrected chi connectivity index (χ4v) is 4.90. The highest BCUT2D eigenvalue weighted by Gasteiger charge is 2.35. The minimum Gasteiger partial charge on any atom is -0.493 e. The van der Waals surface area contributed by atoms with E-state index in [1.54, 1.807) is 18.2 Å². The van der Waals surface area contributed by atoms with Crippen LogP contribution in [-0.4, -0.2) is 40.9 Å². The number of unbranched alkanes of at least 4 members (excludes halogenated alkanes) is 4. The Morgan fingerprint density at radius 2 is 1.61 bits per heavy atom. The lowest BCUT2D eigenvalue weighted by molar-refractivity contribution is -0.139. The summed E-state index contributed by atoms with van der Waals surface area (Å²) in [6, 6.07) is 10.2. The maximum Gasteiger partial charge on any atom is 0.419 e. The number of aryl methyl sites for hydroxylation is 2. The van der Waals surface area contributed by atoms with Gasteiger partial charge in [0.15, 0.2) is 0 Å². The van der Waals surface area contributed by atoms with Gasteiger partial charge in [-0.3, -0.25) is 4.18 Å². The molecule has 1 atom stereocenters. The fourth-order valence-electron chi connectivity index (χ4n) is 3.90. The van der Waals surface area contributed by atoms with Crippen molar-refractivity contribution >= 4 is 10.1 Å². The molecule has 0 bridgehead atoms. The van der Waals surface area contributed by atoms with E-state index >= 15 is 0 Å². The van der Waals surface area contributed by atoms with E-state index in [9.17, 15) is 21.6 Å². The SMILES string of the molecule is CCCCCCCOc1ccc(CCC(N)(CCOC)COS(=O)(=O)c2ccc(C)cc2)cc1C(F)(F)F. The van der Waals surface area contributed by atoms with Gasteiger partial charge in [0.2, 0.25) is 0 Å². The van der Waals surface area contributed by atoms with Crippen LogP contribution in [-0.2, 0) is 31.6 Å². The van der Waals surface area contributed by atoms with Crippen LogP contribution >= 0.6 is 0 Å². The van der Waals surface area contributed by atoms with Gasteiger partial charge in [-0.15, -0.1) is 0 Å². The molecule has 2 rings (SSSR count). The van der Waals surface area contributed by atoms with Gasteiger partial charge in [0.1, 0.15) is 5.75 Å². The van der Waals surface area contributed by atoms with Gasteiger partial charge in [0.05, 0.1) is 23.7 Å². The molecule has 2 N–H and O–H groups in total. The first-order valence-corrected chi connectivity index (χ1v) is 14.4. The second-order valence-corrected chi connectivity index (χ2v) is 11.3.